The van der Waals surface area contributed by atoms with Crippen LogP contribution >= 0.6 is 0 Å². The first-order valence-electron chi connectivity index (χ1n) is 6.56. The fourth-order valence-corrected chi connectivity index (χ4v) is 1.96. The molecule has 0 aliphatic carbocycles. The second-order valence-corrected chi connectivity index (χ2v) is 4.78. The van der Waals surface area contributed by atoms with E-state index in [0.717, 1.165) is 25.3 Å². The Hall–Kier alpha value is -1.29. The maximum absolute atomic E-state index is 10.8. The van der Waals surface area contributed by atoms with Crippen LogP contribution in [0.25, 0.3) is 0 Å². The van der Waals surface area contributed by atoms with Crippen LogP contribution in [0.2, 0.25) is 0 Å². The van der Waals surface area contributed by atoms with Crippen molar-refractivity contribution >= 4 is 5.97 Å². The average Bonchev–Trinajstić information content (AvgIpc) is 2.84. The molecule has 1 aromatic heterocycles. The van der Waals surface area contributed by atoms with Gasteiger partial charge in [-0.1, -0.05) is 27.2 Å². The van der Waals surface area contributed by atoms with E-state index < -0.39 is 5.97 Å². The lowest BCUT2D eigenvalue weighted by atomic mass is 10.1. The molecule has 18 heavy (non-hydrogen) atoms. The van der Waals surface area contributed by atoms with E-state index >= 15 is 0 Å². The van der Waals surface area contributed by atoms with Gasteiger partial charge in [0.1, 0.15) is 5.76 Å². The van der Waals surface area contributed by atoms with Gasteiger partial charge in [0.2, 0.25) is 5.76 Å². The van der Waals surface area contributed by atoms with Crippen molar-refractivity contribution in [3.8, 4) is 0 Å². The van der Waals surface area contributed by atoms with Crippen molar-refractivity contribution in [2.24, 2.45) is 5.92 Å². The van der Waals surface area contributed by atoms with Gasteiger partial charge < -0.3 is 9.52 Å². The van der Waals surface area contributed by atoms with Crippen LogP contribution in [0, 0.1) is 5.92 Å². The zero-order valence-corrected chi connectivity index (χ0v) is 11.6. The maximum Gasteiger partial charge on any atom is 0.371 e. The zero-order chi connectivity index (χ0) is 13.7. The Balaban J connectivity index is 2.75. The summed E-state index contributed by atoms with van der Waals surface area (Å²) in [6, 6.07) is 3.38. The smallest absolute Gasteiger partial charge is 0.371 e. The summed E-state index contributed by atoms with van der Waals surface area (Å²) >= 11 is 0. The highest BCUT2D eigenvalue weighted by atomic mass is 16.4. The molecular weight excluding hydrogens is 230 g/mol. The van der Waals surface area contributed by atoms with Gasteiger partial charge in [-0.3, -0.25) is 4.90 Å². The first-order valence-corrected chi connectivity index (χ1v) is 6.56. The number of carboxylic acids is 1. The van der Waals surface area contributed by atoms with Gasteiger partial charge in [0.05, 0.1) is 6.04 Å². The lowest BCUT2D eigenvalue weighted by Crippen LogP contribution is -2.30. The number of rotatable bonds is 7. The van der Waals surface area contributed by atoms with E-state index in [0.29, 0.717) is 5.92 Å². The first-order chi connectivity index (χ1) is 8.49. The van der Waals surface area contributed by atoms with Crippen LogP contribution in [0.5, 0.6) is 0 Å². The van der Waals surface area contributed by atoms with Crippen molar-refractivity contribution in [2.75, 3.05) is 13.1 Å². The third-order valence-electron chi connectivity index (χ3n) is 3.45. The second kappa shape index (κ2) is 6.59. The molecule has 0 spiro atoms. The Bertz CT molecular complexity index is 386. The summed E-state index contributed by atoms with van der Waals surface area (Å²) in [6.45, 7) is 10.5. The fourth-order valence-electron chi connectivity index (χ4n) is 1.96. The molecule has 1 rings (SSSR count). The summed E-state index contributed by atoms with van der Waals surface area (Å²) in [5, 5.41) is 8.85. The van der Waals surface area contributed by atoms with Gasteiger partial charge in [-0.15, -0.1) is 0 Å². The van der Waals surface area contributed by atoms with Crippen LogP contribution in [0.15, 0.2) is 16.5 Å². The first kappa shape index (κ1) is 14.8. The average molecular weight is 253 g/mol. The topological polar surface area (TPSA) is 53.7 Å². The van der Waals surface area contributed by atoms with Crippen LogP contribution in [0.3, 0.4) is 0 Å². The third-order valence-corrected chi connectivity index (χ3v) is 3.45. The Morgan fingerprint density at radius 1 is 1.39 bits per heavy atom. The van der Waals surface area contributed by atoms with Crippen LogP contribution in [0.4, 0.5) is 0 Å². The molecular formula is C14H23NO3. The highest BCUT2D eigenvalue weighted by molar-refractivity contribution is 5.84. The minimum atomic E-state index is -1.02. The molecule has 0 aliphatic rings. The van der Waals surface area contributed by atoms with E-state index in [9.17, 15) is 4.79 Å². The third kappa shape index (κ3) is 3.60. The van der Waals surface area contributed by atoms with Gasteiger partial charge in [0.15, 0.2) is 0 Å². The van der Waals surface area contributed by atoms with Gasteiger partial charge in [-0.2, -0.15) is 0 Å². The molecule has 0 bridgehead atoms. The summed E-state index contributed by atoms with van der Waals surface area (Å²) in [5.41, 5.74) is 0. The van der Waals surface area contributed by atoms with Crippen LogP contribution in [0.1, 0.15) is 56.5 Å². The Labute approximate surface area is 109 Å². The Morgan fingerprint density at radius 3 is 2.50 bits per heavy atom. The molecule has 0 aromatic carbocycles. The molecule has 1 heterocycles. The summed E-state index contributed by atoms with van der Waals surface area (Å²) < 4.78 is 5.36. The van der Waals surface area contributed by atoms with Crippen molar-refractivity contribution in [1.82, 2.24) is 4.90 Å². The molecule has 1 aromatic rings. The number of aromatic carboxylic acids is 1. The minimum absolute atomic E-state index is 0.0106. The molecule has 0 saturated carbocycles. The molecule has 1 N–H and O–H groups in total. The van der Waals surface area contributed by atoms with E-state index in [1.807, 2.05) is 0 Å². The van der Waals surface area contributed by atoms with Crippen LogP contribution in [-0.4, -0.2) is 29.1 Å². The number of carbonyl (C=O) groups is 1. The van der Waals surface area contributed by atoms with Crippen molar-refractivity contribution in [2.45, 2.75) is 40.2 Å². The van der Waals surface area contributed by atoms with Gasteiger partial charge in [-0.25, -0.2) is 4.79 Å². The maximum atomic E-state index is 10.8. The Kier molecular flexibility index (Phi) is 5.41. The summed E-state index contributed by atoms with van der Waals surface area (Å²) in [7, 11) is 0. The van der Waals surface area contributed by atoms with E-state index in [1.54, 1.807) is 6.07 Å². The van der Waals surface area contributed by atoms with Crippen molar-refractivity contribution in [3.05, 3.63) is 23.7 Å². The highest BCUT2D eigenvalue weighted by Gasteiger charge is 2.20. The molecule has 0 amide bonds. The number of furan rings is 1. The molecule has 2 unspecified atom stereocenters. The predicted molar refractivity (Wildman–Crippen MR) is 70.8 cm³/mol. The van der Waals surface area contributed by atoms with Gasteiger partial charge in [0.25, 0.3) is 0 Å². The monoisotopic (exact) mass is 253 g/mol. The van der Waals surface area contributed by atoms with Crippen molar-refractivity contribution in [1.29, 1.82) is 0 Å². The SMILES string of the molecule is CCC(C)CN(CC)C(C)c1ccc(C(=O)O)o1. The van der Waals surface area contributed by atoms with E-state index in [-0.39, 0.29) is 11.8 Å². The standard InChI is InChI=1S/C14H23NO3/c1-5-10(3)9-15(6-2)11(4)12-7-8-13(18-12)14(16)17/h7-8,10-11H,5-6,9H2,1-4H3,(H,16,17). The molecule has 102 valence electrons. The van der Waals surface area contributed by atoms with Crippen molar-refractivity contribution in [3.63, 3.8) is 0 Å². The minimum Gasteiger partial charge on any atom is -0.475 e. The summed E-state index contributed by atoms with van der Waals surface area (Å²) in [5.74, 6) is 0.341. The molecule has 0 saturated heterocycles. The largest absolute Gasteiger partial charge is 0.475 e. The number of hydrogen-bond acceptors (Lipinski definition) is 3. The molecule has 0 aliphatic heterocycles. The van der Waals surface area contributed by atoms with E-state index in [4.69, 9.17) is 9.52 Å². The zero-order valence-electron chi connectivity index (χ0n) is 11.6. The quantitative estimate of drug-likeness (QED) is 0.809. The normalized spacial score (nSPS) is 14.7. The highest BCUT2D eigenvalue weighted by Crippen LogP contribution is 2.23. The number of nitrogens with zero attached hydrogens (tertiary/aromatic N) is 1. The number of carboxylic acid groups (broad SMARTS) is 1. The molecule has 0 fully saturated rings. The Morgan fingerprint density at radius 2 is 2.06 bits per heavy atom. The van der Waals surface area contributed by atoms with E-state index in [2.05, 4.69) is 32.6 Å². The molecule has 4 heteroatoms. The van der Waals surface area contributed by atoms with Crippen molar-refractivity contribution < 1.29 is 14.3 Å². The van der Waals surface area contributed by atoms with Gasteiger partial charge in [0, 0.05) is 6.54 Å². The van der Waals surface area contributed by atoms with Gasteiger partial charge >= 0.3 is 5.97 Å². The molecule has 4 nitrogen and oxygen atoms in total. The summed E-state index contributed by atoms with van der Waals surface area (Å²) in [4.78, 5) is 13.1. The van der Waals surface area contributed by atoms with Crippen LogP contribution in [-0.2, 0) is 0 Å². The van der Waals surface area contributed by atoms with Crippen LogP contribution < -0.4 is 0 Å². The molecule has 0 radical (unpaired) electrons. The van der Waals surface area contributed by atoms with E-state index in [1.165, 1.54) is 6.07 Å². The predicted octanol–water partition coefficient (Wildman–Crippen LogP) is 3.41. The van der Waals surface area contributed by atoms with Gasteiger partial charge in [-0.05, 0) is 31.5 Å². The fraction of sp³-hybridized carbons (Fsp3) is 0.643. The number of hydrogen-bond donors (Lipinski definition) is 1. The summed E-state index contributed by atoms with van der Waals surface area (Å²) in [6.07, 6.45) is 1.14. The second-order valence-electron chi connectivity index (χ2n) is 4.78. The molecule has 2 atom stereocenters. The lowest BCUT2D eigenvalue weighted by Gasteiger charge is -2.28. The lowest BCUT2D eigenvalue weighted by molar-refractivity contribution is 0.0655.